The highest BCUT2D eigenvalue weighted by molar-refractivity contribution is 5.72. The van der Waals surface area contributed by atoms with E-state index in [0.717, 1.165) is 30.9 Å². The lowest BCUT2D eigenvalue weighted by Crippen LogP contribution is -2.22. The van der Waals surface area contributed by atoms with Crippen LogP contribution in [0.3, 0.4) is 0 Å². The standard InChI is InChI=1S/C17H20N2O/c1-18-11-6-12-19-15-8-3-2-7-14(15)13-20-17-10-5-4-9-16(17)19/h2-5,7-10,18H,6,11-13H2,1H3. The fourth-order valence-electron chi connectivity index (χ4n) is 2.64. The molecule has 0 amide bonds. The van der Waals surface area contributed by atoms with Crippen LogP contribution in [0.15, 0.2) is 48.5 Å². The molecule has 0 fully saturated rings. The van der Waals surface area contributed by atoms with Gasteiger partial charge in [0, 0.05) is 17.8 Å². The van der Waals surface area contributed by atoms with Gasteiger partial charge in [-0.3, -0.25) is 0 Å². The zero-order valence-corrected chi connectivity index (χ0v) is 11.8. The van der Waals surface area contributed by atoms with Crippen molar-refractivity contribution in [2.24, 2.45) is 0 Å². The Labute approximate surface area is 120 Å². The third-order valence-corrected chi connectivity index (χ3v) is 3.63. The Hall–Kier alpha value is -2.00. The zero-order valence-electron chi connectivity index (χ0n) is 11.8. The lowest BCUT2D eigenvalue weighted by Gasteiger charge is -2.25. The predicted molar refractivity (Wildman–Crippen MR) is 82.8 cm³/mol. The van der Waals surface area contributed by atoms with E-state index in [1.807, 2.05) is 19.2 Å². The maximum atomic E-state index is 5.95. The molecule has 2 aromatic carbocycles. The molecule has 0 bridgehead atoms. The summed E-state index contributed by atoms with van der Waals surface area (Å²) in [6.45, 7) is 2.63. The summed E-state index contributed by atoms with van der Waals surface area (Å²) in [4.78, 5) is 2.37. The number of ether oxygens (including phenoxy) is 1. The van der Waals surface area contributed by atoms with E-state index >= 15 is 0 Å². The van der Waals surface area contributed by atoms with Crippen LogP contribution in [0.25, 0.3) is 0 Å². The number of nitrogens with zero attached hydrogens (tertiary/aromatic N) is 1. The number of rotatable bonds is 4. The van der Waals surface area contributed by atoms with Gasteiger partial charge in [0.15, 0.2) is 0 Å². The maximum absolute atomic E-state index is 5.95. The Balaban J connectivity index is 2.00. The zero-order chi connectivity index (χ0) is 13.8. The summed E-state index contributed by atoms with van der Waals surface area (Å²) < 4.78 is 5.95. The quantitative estimate of drug-likeness (QED) is 0.861. The summed E-state index contributed by atoms with van der Waals surface area (Å²) in [5, 5.41) is 3.21. The van der Waals surface area contributed by atoms with Crippen LogP contribution in [-0.2, 0) is 6.61 Å². The van der Waals surface area contributed by atoms with Crippen molar-refractivity contribution in [1.29, 1.82) is 0 Å². The van der Waals surface area contributed by atoms with Gasteiger partial charge in [-0.25, -0.2) is 0 Å². The van der Waals surface area contributed by atoms with Crippen LogP contribution in [0.1, 0.15) is 12.0 Å². The first-order valence-corrected chi connectivity index (χ1v) is 7.12. The smallest absolute Gasteiger partial charge is 0.143 e. The Kier molecular flexibility index (Phi) is 3.88. The summed E-state index contributed by atoms with van der Waals surface area (Å²) in [7, 11) is 1.99. The molecule has 0 unspecified atom stereocenters. The number of hydrogen-bond donors (Lipinski definition) is 1. The van der Waals surface area contributed by atoms with Gasteiger partial charge in [-0.1, -0.05) is 30.3 Å². The fourth-order valence-corrected chi connectivity index (χ4v) is 2.64. The minimum atomic E-state index is 0.635. The van der Waals surface area contributed by atoms with E-state index in [0.29, 0.717) is 6.61 Å². The molecule has 0 atom stereocenters. The number of benzene rings is 2. The van der Waals surface area contributed by atoms with Crippen LogP contribution in [0.5, 0.6) is 5.75 Å². The summed E-state index contributed by atoms with van der Waals surface area (Å²) in [5.41, 5.74) is 3.66. The van der Waals surface area contributed by atoms with Gasteiger partial charge in [-0.15, -0.1) is 0 Å². The average molecular weight is 268 g/mol. The molecule has 0 saturated carbocycles. The van der Waals surface area contributed by atoms with Crippen LogP contribution in [0.2, 0.25) is 0 Å². The molecule has 1 N–H and O–H groups in total. The highest BCUT2D eigenvalue weighted by Crippen LogP contribution is 2.39. The first-order valence-electron chi connectivity index (χ1n) is 7.12. The van der Waals surface area contributed by atoms with Crippen LogP contribution < -0.4 is 15.0 Å². The number of fused-ring (bicyclic) bond motifs is 2. The van der Waals surface area contributed by atoms with Gasteiger partial charge in [0.1, 0.15) is 12.4 Å². The van der Waals surface area contributed by atoms with Gasteiger partial charge in [-0.2, -0.15) is 0 Å². The lowest BCUT2D eigenvalue weighted by atomic mass is 10.1. The highest BCUT2D eigenvalue weighted by Gasteiger charge is 2.20. The van der Waals surface area contributed by atoms with Crippen molar-refractivity contribution in [3.63, 3.8) is 0 Å². The molecule has 3 nitrogen and oxygen atoms in total. The van der Waals surface area contributed by atoms with Crippen molar-refractivity contribution in [2.75, 3.05) is 25.0 Å². The summed E-state index contributed by atoms with van der Waals surface area (Å²) in [5.74, 6) is 0.966. The highest BCUT2D eigenvalue weighted by atomic mass is 16.5. The van der Waals surface area contributed by atoms with Crippen LogP contribution >= 0.6 is 0 Å². The molecule has 104 valence electrons. The molecule has 1 heterocycles. The Bertz CT molecular complexity index is 535. The number of hydrogen-bond acceptors (Lipinski definition) is 3. The maximum Gasteiger partial charge on any atom is 0.143 e. The Morgan fingerprint density at radius 3 is 2.65 bits per heavy atom. The van der Waals surface area contributed by atoms with E-state index in [2.05, 4.69) is 46.6 Å². The van der Waals surface area contributed by atoms with Gasteiger partial charge >= 0.3 is 0 Å². The molecule has 0 aromatic heterocycles. The van der Waals surface area contributed by atoms with E-state index in [1.165, 1.54) is 11.3 Å². The third-order valence-electron chi connectivity index (χ3n) is 3.63. The van der Waals surface area contributed by atoms with E-state index in [4.69, 9.17) is 4.74 Å². The van der Waals surface area contributed by atoms with Crippen LogP contribution in [-0.4, -0.2) is 20.1 Å². The summed E-state index contributed by atoms with van der Waals surface area (Å²) in [6, 6.07) is 16.8. The molecule has 0 aliphatic carbocycles. The number of para-hydroxylation sites is 3. The van der Waals surface area contributed by atoms with E-state index < -0.39 is 0 Å². The van der Waals surface area contributed by atoms with Crippen molar-refractivity contribution in [1.82, 2.24) is 5.32 Å². The summed E-state index contributed by atoms with van der Waals surface area (Å²) in [6.07, 6.45) is 1.10. The minimum absolute atomic E-state index is 0.635. The minimum Gasteiger partial charge on any atom is -0.487 e. The van der Waals surface area contributed by atoms with Crippen molar-refractivity contribution in [3.8, 4) is 5.75 Å². The third kappa shape index (κ3) is 2.49. The topological polar surface area (TPSA) is 24.5 Å². The fraction of sp³-hybridized carbons (Fsp3) is 0.294. The molecule has 0 spiro atoms. The Morgan fingerprint density at radius 2 is 1.80 bits per heavy atom. The van der Waals surface area contributed by atoms with E-state index in [1.54, 1.807) is 0 Å². The van der Waals surface area contributed by atoms with Gasteiger partial charge in [0.25, 0.3) is 0 Å². The van der Waals surface area contributed by atoms with Crippen molar-refractivity contribution in [2.45, 2.75) is 13.0 Å². The molecule has 1 aliphatic heterocycles. The molecular formula is C17H20N2O. The van der Waals surface area contributed by atoms with Crippen LogP contribution in [0.4, 0.5) is 11.4 Å². The van der Waals surface area contributed by atoms with Crippen molar-refractivity contribution < 1.29 is 4.74 Å². The lowest BCUT2D eigenvalue weighted by molar-refractivity contribution is 0.310. The molecule has 3 rings (SSSR count). The number of nitrogens with one attached hydrogen (secondary N) is 1. The predicted octanol–water partition coefficient (Wildman–Crippen LogP) is 3.33. The van der Waals surface area contributed by atoms with Gasteiger partial charge < -0.3 is 15.0 Å². The van der Waals surface area contributed by atoms with Gasteiger partial charge in [0.05, 0.1) is 5.69 Å². The first-order chi connectivity index (χ1) is 9.90. The Morgan fingerprint density at radius 1 is 1.05 bits per heavy atom. The summed E-state index contributed by atoms with van der Waals surface area (Å²) >= 11 is 0. The second kappa shape index (κ2) is 5.97. The molecule has 3 heteroatoms. The molecule has 20 heavy (non-hydrogen) atoms. The van der Waals surface area contributed by atoms with Crippen LogP contribution in [0, 0.1) is 0 Å². The second-order valence-corrected chi connectivity index (χ2v) is 4.99. The monoisotopic (exact) mass is 268 g/mol. The molecule has 0 radical (unpaired) electrons. The van der Waals surface area contributed by atoms with E-state index in [9.17, 15) is 0 Å². The van der Waals surface area contributed by atoms with Gasteiger partial charge in [-0.05, 0) is 38.2 Å². The second-order valence-electron chi connectivity index (χ2n) is 4.99. The van der Waals surface area contributed by atoms with Gasteiger partial charge in [0.2, 0.25) is 0 Å². The average Bonchev–Trinajstić information content (AvgIpc) is 2.66. The van der Waals surface area contributed by atoms with Crippen molar-refractivity contribution in [3.05, 3.63) is 54.1 Å². The van der Waals surface area contributed by atoms with E-state index in [-0.39, 0.29) is 0 Å². The molecule has 0 saturated heterocycles. The molecular weight excluding hydrogens is 248 g/mol. The first kappa shape index (κ1) is 13.0. The molecule has 1 aliphatic rings. The number of anilines is 2. The SMILES string of the molecule is CNCCCN1c2ccccc2COc2ccccc21. The normalized spacial score (nSPS) is 13.2. The van der Waals surface area contributed by atoms with Crippen molar-refractivity contribution >= 4 is 11.4 Å². The largest absolute Gasteiger partial charge is 0.487 e. The molecule has 2 aromatic rings.